The Bertz CT molecular complexity index is 1320. The summed E-state index contributed by atoms with van der Waals surface area (Å²) in [7, 11) is -2.25. The van der Waals surface area contributed by atoms with Gasteiger partial charge in [0.2, 0.25) is 0 Å². The van der Waals surface area contributed by atoms with Crippen LogP contribution in [0.4, 0.5) is 11.4 Å². The van der Waals surface area contributed by atoms with Crippen LogP contribution in [0.3, 0.4) is 0 Å². The predicted molar refractivity (Wildman–Crippen MR) is 119 cm³/mol. The van der Waals surface area contributed by atoms with E-state index in [1.807, 2.05) is 20.8 Å². The van der Waals surface area contributed by atoms with Gasteiger partial charge in [0.05, 0.1) is 21.2 Å². The third kappa shape index (κ3) is 4.21. The minimum absolute atomic E-state index is 0.0102. The molecule has 0 spiro atoms. The van der Waals surface area contributed by atoms with Crippen molar-refractivity contribution in [2.75, 3.05) is 4.72 Å². The molecule has 9 nitrogen and oxygen atoms in total. The Labute approximate surface area is 184 Å². The molecule has 0 aliphatic carbocycles. The normalized spacial score (nSPS) is 11.7. The molecule has 3 aromatic rings. The molecule has 1 N–H and O–H groups in total. The lowest BCUT2D eigenvalue weighted by atomic mass is 10.0. The van der Waals surface area contributed by atoms with Crippen LogP contribution in [-0.2, 0) is 17.1 Å². The van der Waals surface area contributed by atoms with E-state index in [-0.39, 0.29) is 27.1 Å². The van der Waals surface area contributed by atoms with E-state index in [4.69, 9.17) is 11.6 Å². The Morgan fingerprint density at radius 3 is 2.26 bits per heavy atom. The molecule has 0 unspecified atom stereocenters. The summed E-state index contributed by atoms with van der Waals surface area (Å²) in [6, 6.07) is 9.43. The Morgan fingerprint density at radius 1 is 1.13 bits per heavy atom. The van der Waals surface area contributed by atoms with Gasteiger partial charge in [-0.25, -0.2) is 13.1 Å². The molecule has 0 bridgehead atoms. The lowest BCUT2D eigenvalue weighted by Crippen LogP contribution is -2.21. The first-order chi connectivity index (χ1) is 14.4. The monoisotopic (exact) mass is 464 g/mol. The summed E-state index contributed by atoms with van der Waals surface area (Å²) in [5.41, 5.74) is 1.50. The Kier molecular flexibility index (Phi) is 5.97. The van der Waals surface area contributed by atoms with E-state index in [1.54, 1.807) is 11.7 Å². The first-order valence-electron chi connectivity index (χ1n) is 9.29. The molecule has 164 valence electrons. The minimum Gasteiger partial charge on any atom is -0.285 e. The standard InChI is InChI=1S/C20H21ClN4O5S/c1-12(2)19-13(3)23(4)24(20(19)26)15-6-8-16(9-7-15)31(29,30)22-14-5-10-17(21)18(11-14)25(27)28/h5-12,22H,1-4H3. The van der Waals surface area contributed by atoms with Crippen LogP contribution >= 0.6 is 11.6 Å². The fourth-order valence-electron chi connectivity index (χ4n) is 3.38. The van der Waals surface area contributed by atoms with Crippen molar-refractivity contribution in [3.8, 4) is 5.69 Å². The largest absolute Gasteiger partial charge is 0.289 e. The maximum atomic E-state index is 12.8. The molecule has 0 saturated heterocycles. The quantitative estimate of drug-likeness (QED) is 0.437. The van der Waals surface area contributed by atoms with E-state index >= 15 is 0 Å². The van der Waals surface area contributed by atoms with Gasteiger partial charge in [0, 0.05) is 24.4 Å². The summed E-state index contributed by atoms with van der Waals surface area (Å²) in [5.74, 6) is 0.0484. The van der Waals surface area contributed by atoms with Crippen LogP contribution in [0, 0.1) is 17.0 Å². The molecule has 31 heavy (non-hydrogen) atoms. The second-order valence-corrected chi connectivity index (χ2v) is 9.41. The molecule has 0 atom stereocenters. The molecule has 1 heterocycles. The average Bonchev–Trinajstić information content (AvgIpc) is 2.91. The maximum Gasteiger partial charge on any atom is 0.289 e. The molecular formula is C20H21ClN4O5S. The van der Waals surface area contributed by atoms with Crippen LogP contribution in [0.2, 0.25) is 5.02 Å². The summed E-state index contributed by atoms with van der Waals surface area (Å²) < 4.78 is 30.9. The number of benzene rings is 2. The highest BCUT2D eigenvalue weighted by atomic mass is 35.5. The molecule has 0 aliphatic rings. The molecule has 3 rings (SSSR count). The van der Waals surface area contributed by atoms with E-state index < -0.39 is 20.6 Å². The first-order valence-corrected chi connectivity index (χ1v) is 11.2. The Morgan fingerprint density at radius 2 is 1.74 bits per heavy atom. The van der Waals surface area contributed by atoms with Crippen LogP contribution in [0.15, 0.2) is 52.2 Å². The lowest BCUT2D eigenvalue weighted by molar-refractivity contribution is -0.384. The highest BCUT2D eigenvalue weighted by Gasteiger charge is 2.21. The van der Waals surface area contributed by atoms with Gasteiger partial charge in [0.25, 0.3) is 21.3 Å². The highest BCUT2D eigenvalue weighted by Crippen LogP contribution is 2.28. The summed E-state index contributed by atoms with van der Waals surface area (Å²) in [6.07, 6.45) is 0. The van der Waals surface area contributed by atoms with E-state index in [2.05, 4.69) is 4.72 Å². The van der Waals surface area contributed by atoms with Crippen molar-refractivity contribution in [3.05, 3.63) is 79.2 Å². The SMILES string of the molecule is Cc1c(C(C)C)c(=O)n(-c2ccc(S(=O)(=O)Nc3ccc(Cl)c([N+](=O)[O-])c3)cc2)n1C. The van der Waals surface area contributed by atoms with Gasteiger partial charge in [-0.1, -0.05) is 25.4 Å². The van der Waals surface area contributed by atoms with Crippen LogP contribution in [0.5, 0.6) is 0 Å². The summed E-state index contributed by atoms with van der Waals surface area (Å²) >= 11 is 5.76. The topological polar surface area (TPSA) is 116 Å². The minimum atomic E-state index is -4.01. The van der Waals surface area contributed by atoms with Crippen molar-refractivity contribution in [1.29, 1.82) is 0 Å². The lowest BCUT2D eigenvalue weighted by Gasteiger charge is -2.11. The van der Waals surface area contributed by atoms with Crippen LogP contribution in [0.1, 0.15) is 31.0 Å². The van der Waals surface area contributed by atoms with Crippen molar-refractivity contribution in [2.24, 2.45) is 7.05 Å². The van der Waals surface area contributed by atoms with Gasteiger partial charge >= 0.3 is 0 Å². The Hall–Kier alpha value is -3.11. The van der Waals surface area contributed by atoms with Crippen LogP contribution in [-0.4, -0.2) is 22.7 Å². The fraction of sp³-hybridized carbons (Fsp3) is 0.250. The number of nitrogens with one attached hydrogen (secondary N) is 1. The van der Waals surface area contributed by atoms with E-state index in [1.165, 1.54) is 41.1 Å². The number of hydrogen-bond acceptors (Lipinski definition) is 5. The smallest absolute Gasteiger partial charge is 0.285 e. The van der Waals surface area contributed by atoms with Crippen molar-refractivity contribution >= 4 is 33.0 Å². The number of rotatable bonds is 6. The second-order valence-electron chi connectivity index (χ2n) is 7.32. The first kappa shape index (κ1) is 22.6. The number of nitro benzene ring substituents is 1. The van der Waals surface area contributed by atoms with Gasteiger partial charge in [0.15, 0.2) is 0 Å². The number of nitrogens with zero attached hydrogens (tertiary/aromatic N) is 3. The molecule has 0 aliphatic heterocycles. The molecule has 0 radical (unpaired) electrons. The molecule has 2 aromatic carbocycles. The predicted octanol–water partition coefficient (Wildman–Crippen LogP) is 3.97. The zero-order valence-electron chi connectivity index (χ0n) is 17.3. The average molecular weight is 465 g/mol. The zero-order valence-corrected chi connectivity index (χ0v) is 18.9. The number of anilines is 1. The van der Waals surface area contributed by atoms with Gasteiger partial charge in [-0.15, -0.1) is 0 Å². The number of nitro groups is 1. The third-order valence-electron chi connectivity index (χ3n) is 4.96. The number of hydrogen-bond donors (Lipinski definition) is 1. The molecule has 1 aromatic heterocycles. The van der Waals surface area contributed by atoms with E-state index in [9.17, 15) is 23.3 Å². The Balaban J connectivity index is 1.95. The van der Waals surface area contributed by atoms with Gasteiger partial charge < -0.3 is 0 Å². The van der Waals surface area contributed by atoms with E-state index in [0.29, 0.717) is 11.3 Å². The zero-order chi connectivity index (χ0) is 23.1. The summed E-state index contributed by atoms with van der Waals surface area (Å²) in [6.45, 7) is 5.74. The highest BCUT2D eigenvalue weighted by molar-refractivity contribution is 7.92. The molecule has 0 amide bonds. The van der Waals surface area contributed by atoms with Gasteiger partial charge in [-0.3, -0.25) is 24.3 Å². The summed E-state index contributed by atoms with van der Waals surface area (Å²) in [4.78, 5) is 23.1. The van der Waals surface area contributed by atoms with Gasteiger partial charge in [0.1, 0.15) is 5.02 Å². The van der Waals surface area contributed by atoms with Gasteiger partial charge in [-0.05, 0) is 49.2 Å². The molecule has 11 heteroatoms. The van der Waals surface area contributed by atoms with Crippen LogP contribution in [0.25, 0.3) is 5.69 Å². The maximum absolute atomic E-state index is 12.8. The molecule has 0 fully saturated rings. The van der Waals surface area contributed by atoms with Crippen molar-refractivity contribution in [2.45, 2.75) is 31.6 Å². The summed E-state index contributed by atoms with van der Waals surface area (Å²) in [5, 5.41) is 10.9. The van der Waals surface area contributed by atoms with Crippen molar-refractivity contribution < 1.29 is 13.3 Å². The van der Waals surface area contributed by atoms with E-state index in [0.717, 1.165) is 11.8 Å². The van der Waals surface area contributed by atoms with Crippen molar-refractivity contribution in [3.63, 3.8) is 0 Å². The number of halogens is 1. The fourth-order valence-corrected chi connectivity index (χ4v) is 4.62. The molecule has 0 saturated carbocycles. The number of aromatic nitrogens is 2. The number of sulfonamides is 1. The molecular weight excluding hydrogens is 444 g/mol. The second kappa shape index (κ2) is 8.20. The van der Waals surface area contributed by atoms with Gasteiger partial charge in [-0.2, -0.15) is 0 Å². The third-order valence-corrected chi connectivity index (χ3v) is 6.68. The van der Waals surface area contributed by atoms with Crippen LogP contribution < -0.4 is 10.3 Å². The van der Waals surface area contributed by atoms with Crippen molar-refractivity contribution in [1.82, 2.24) is 9.36 Å².